The molecule has 1 aromatic carbocycles. The highest BCUT2D eigenvalue weighted by Gasteiger charge is 2.28. The number of carbonyl (C=O) groups is 2. The molecule has 1 N–H and O–H groups in total. The van der Waals surface area contributed by atoms with Crippen LogP contribution in [-0.4, -0.2) is 70.8 Å². The largest absolute Gasteiger partial charge is 0.465 e. The molecule has 0 radical (unpaired) electrons. The van der Waals surface area contributed by atoms with Crippen LogP contribution in [0.25, 0.3) is 11.0 Å². The third kappa shape index (κ3) is 4.21. The number of aromatic nitrogens is 3. The van der Waals surface area contributed by atoms with E-state index in [0.717, 1.165) is 29.9 Å². The second-order valence-corrected chi connectivity index (χ2v) is 8.25. The van der Waals surface area contributed by atoms with Crippen LogP contribution in [0.2, 0.25) is 0 Å². The fourth-order valence-corrected chi connectivity index (χ4v) is 4.25. The standard InChI is InChI=1S/C23H25N5O5/c1-32-23(31)15-5-6-17-18(11-15)28(12-16-7-10-33-16)20(24-17)13-27-9-8-26(14-22(27)30)19-3-2-4-21(29)25-19/h2-6,11,16H,7-10,12-14H2,1H3,(H,25,29)/t16-/m0/s1. The van der Waals surface area contributed by atoms with E-state index >= 15 is 0 Å². The number of nitrogens with one attached hydrogen (secondary N) is 1. The van der Waals surface area contributed by atoms with Gasteiger partial charge in [0.1, 0.15) is 11.6 Å². The lowest BCUT2D eigenvalue weighted by molar-refractivity contribution is -0.131. The lowest BCUT2D eigenvalue weighted by Gasteiger charge is -2.35. The fourth-order valence-electron chi connectivity index (χ4n) is 4.25. The summed E-state index contributed by atoms with van der Waals surface area (Å²) in [4.78, 5) is 47.8. The van der Waals surface area contributed by atoms with Gasteiger partial charge in [0, 0.05) is 25.8 Å². The van der Waals surface area contributed by atoms with Gasteiger partial charge in [-0.25, -0.2) is 9.78 Å². The second kappa shape index (κ2) is 8.70. The van der Waals surface area contributed by atoms with E-state index in [9.17, 15) is 14.4 Å². The van der Waals surface area contributed by atoms with Crippen molar-refractivity contribution in [2.45, 2.75) is 25.6 Å². The van der Waals surface area contributed by atoms with Crippen LogP contribution in [0, 0.1) is 0 Å². The van der Waals surface area contributed by atoms with Crippen molar-refractivity contribution >= 4 is 28.7 Å². The molecule has 0 unspecified atom stereocenters. The van der Waals surface area contributed by atoms with E-state index in [2.05, 4.69) is 4.98 Å². The van der Waals surface area contributed by atoms with Crippen LogP contribution >= 0.6 is 0 Å². The smallest absolute Gasteiger partial charge is 0.337 e. The van der Waals surface area contributed by atoms with Crippen molar-refractivity contribution in [2.75, 3.05) is 38.3 Å². The second-order valence-electron chi connectivity index (χ2n) is 8.25. The Kier molecular flexibility index (Phi) is 5.59. The van der Waals surface area contributed by atoms with Crippen molar-refractivity contribution in [1.82, 2.24) is 19.4 Å². The molecule has 2 saturated heterocycles. The lowest BCUT2D eigenvalue weighted by atomic mass is 10.1. The zero-order valence-corrected chi connectivity index (χ0v) is 18.3. The number of carbonyl (C=O) groups excluding carboxylic acids is 2. The maximum atomic E-state index is 12.9. The number of fused-ring (bicyclic) bond motifs is 1. The maximum absolute atomic E-state index is 12.9. The fraction of sp³-hybridized carbons (Fsp3) is 0.391. The van der Waals surface area contributed by atoms with Crippen molar-refractivity contribution in [1.29, 1.82) is 0 Å². The van der Waals surface area contributed by atoms with Crippen molar-refractivity contribution in [2.24, 2.45) is 0 Å². The van der Waals surface area contributed by atoms with E-state index in [1.807, 2.05) is 9.47 Å². The minimum Gasteiger partial charge on any atom is -0.465 e. The number of pyridine rings is 1. The highest BCUT2D eigenvalue weighted by molar-refractivity contribution is 5.93. The Morgan fingerprint density at radius 3 is 2.79 bits per heavy atom. The number of aromatic amines is 1. The highest BCUT2D eigenvalue weighted by Crippen LogP contribution is 2.24. The first-order valence-corrected chi connectivity index (χ1v) is 10.9. The highest BCUT2D eigenvalue weighted by atomic mass is 16.5. The number of esters is 1. The number of hydrogen-bond donors (Lipinski definition) is 1. The summed E-state index contributed by atoms with van der Waals surface area (Å²) in [6, 6.07) is 10.2. The van der Waals surface area contributed by atoms with Gasteiger partial charge in [-0.05, 0) is 30.7 Å². The average Bonchev–Trinajstić information content (AvgIpc) is 3.13. The third-order valence-electron chi connectivity index (χ3n) is 6.17. The van der Waals surface area contributed by atoms with Gasteiger partial charge in [-0.2, -0.15) is 0 Å². The van der Waals surface area contributed by atoms with E-state index in [1.165, 1.54) is 13.2 Å². The lowest BCUT2D eigenvalue weighted by Crippen LogP contribution is -2.50. The minimum absolute atomic E-state index is 0.0419. The first-order chi connectivity index (χ1) is 16.0. The van der Waals surface area contributed by atoms with Crippen LogP contribution in [0.5, 0.6) is 0 Å². The predicted octanol–water partition coefficient (Wildman–Crippen LogP) is 1.15. The molecular formula is C23H25N5O5. The molecule has 1 atom stereocenters. The summed E-state index contributed by atoms with van der Waals surface area (Å²) < 4.78 is 12.5. The quantitative estimate of drug-likeness (QED) is 0.560. The van der Waals surface area contributed by atoms with Crippen LogP contribution in [0.4, 0.5) is 5.82 Å². The van der Waals surface area contributed by atoms with Gasteiger partial charge >= 0.3 is 5.97 Å². The Morgan fingerprint density at radius 2 is 2.09 bits per heavy atom. The first-order valence-electron chi connectivity index (χ1n) is 10.9. The molecule has 2 aliphatic rings. The molecule has 10 nitrogen and oxygen atoms in total. The summed E-state index contributed by atoms with van der Waals surface area (Å²) in [6.45, 7) is 2.99. The molecule has 33 heavy (non-hydrogen) atoms. The number of amides is 1. The van der Waals surface area contributed by atoms with Gasteiger partial charge in [0.2, 0.25) is 11.5 Å². The van der Waals surface area contributed by atoms with Crippen molar-refractivity contribution in [3.63, 3.8) is 0 Å². The number of methoxy groups -OCH3 is 1. The summed E-state index contributed by atoms with van der Waals surface area (Å²) in [6.07, 6.45) is 1.05. The molecule has 4 heterocycles. The van der Waals surface area contributed by atoms with Gasteiger partial charge in [0.25, 0.3) is 0 Å². The maximum Gasteiger partial charge on any atom is 0.337 e. The molecular weight excluding hydrogens is 426 g/mol. The van der Waals surface area contributed by atoms with Crippen molar-refractivity contribution in [3.05, 3.63) is 58.1 Å². The summed E-state index contributed by atoms with van der Waals surface area (Å²) >= 11 is 0. The topological polar surface area (TPSA) is 110 Å². The Balaban J connectivity index is 1.39. The van der Waals surface area contributed by atoms with Crippen molar-refractivity contribution in [3.8, 4) is 0 Å². The first kappa shape index (κ1) is 21.2. The monoisotopic (exact) mass is 451 g/mol. The Hall–Kier alpha value is -3.66. The summed E-state index contributed by atoms with van der Waals surface area (Å²) in [5.74, 6) is 0.939. The summed E-state index contributed by atoms with van der Waals surface area (Å²) in [5, 5.41) is 0. The number of piperazine rings is 1. The molecule has 2 aliphatic heterocycles. The zero-order chi connectivity index (χ0) is 22.9. The van der Waals surface area contributed by atoms with E-state index in [0.29, 0.717) is 37.6 Å². The molecule has 2 aromatic heterocycles. The number of anilines is 1. The SMILES string of the molecule is COC(=O)c1ccc2nc(CN3CCN(c4cccc(=O)[nH]4)CC3=O)n(C[C@@H]3CCO3)c2c1. The number of benzene rings is 1. The molecule has 0 spiro atoms. The molecule has 5 rings (SSSR count). The summed E-state index contributed by atoms with van der Waals surface area (Å²) in [5.41, 5.74) is 1.83. The number of rotatable bonds is 6. The zero-order valence-electron chi connectivity index (χ0n) is 18.3. The van der Waals surface area contributed by atoms with Crippen molar-refractivity contribution < 1.29 is 19.1 Å². The molecule has 1 amide bonds. The molecule has 172 valence electrons. The average molecular weight is 451 g/mol. The number of imidazole rings is 1. The normalized spacial score (nSPS) is 18.5. The van der Waals surface area contributed by atoms with E-state index in [-0.39, 0.29) is 24.1 Å². The van der Waals surface area contributed by atoms with Gasteiger partial charge < -0.3 is 28.8 Å². The van der Waals surface area contributed by atoms with Crippen LogP contribution in [0.1, 0.15) is 22.6 Å². The number of hydrogen-bond acceptors (Lipinski definition) is 7. The number of H-pyrrole nitrogens is 1. The molecule has 2 fully saturated rings. The molecule has 0 saturated carbocycles. The van der Waals surface area contributed by atoms with Gasteiger partial charge in [0.15, 0.2) is 0 Å². The van der Waals surface area contributed by atoms with Gasteiger partial charge in [0.05, 0.1) is 49.4 Å². The Morgan fingerprint density at radius 1 is 1.24 bits per heavy atom. The van der Waals surface area contributed by atoms with Crippen LogP contribution in [0.3, 0.4) is 0 Å². The van der Waals surface area contributed by atoms with Crippen LogP contribution in [-0.2, 0) is 27.4 Å². The Labute approximate surface area is 189 Å². The van der Waals surface area contributed by atoms with Gasteiger partial charge in [-0.3, -0.25) is 9.59 Å². The van der Waals surface area contributed by atoms with Crippen LogP contribution < -0.4 is 10.5 Å². The Bertz CT molecular complexity index is 1260. The van der Waals surface area contributed by atoms with E-state index in [4.69, 9.17) is 14.5 Å². The van der Waals surface area contributed by atoms with Gasteiger partial charge in [-0.15, -0.1) is 0 Å². The molecule has 10 heteroatoms. The molecule has 0 bridgehead atoms. The number of ether oxygens (including phenoxy) is 2. The van der Waals surface area contributed by atoms with Crippen LogP contribution in [0.15, 0.2) is 41.2 Å². The van der Waals surface area contributed by atoms with Gasteiger partial charge in [-0.1, -0.05) is 6.07 Å². The minimum atomic E-state index is -0.406. The molecule has 3 aromatic rings. The summed E-state index contributed by atoms with van der Waals surface area (Å²) in [7, 11) is 1.35. The third-order valence-corrected chi connectivity index (χ3v) is 6.17. The van der Waals surface area contributed by atoms with E-state index < -0.39 is 5.97 Å². The predicted molar refractivity (Wildman–Crippen MR) is 120 cm³/mol. The van der Waals surface area contributed by atoms with E-state index in [1.54, 1.807) is 35.2 Å². The number of nitrogens with zero attached hydrogens (tertiary/aromatic N) is 4. The molecule has 0 aliphatic carbocycles.